The Morgan fingerprint density at radius 1 is 1.15 bits per heavy atom. The summed E-state index contributed by atoms with van der Waals surface area (Å²) in [5.74, 6) is 0.0942. The third-order valence-corrected chi connectivity index (χ3v) is 4.43. The lowest BCUT2D eigenvalue weighted by atomic mass is 10.1. The number of likely N-dealkylation sites (N-methyl/N-ethyl adjacent to an activating group) is 1. The van der Waals surface area contributed by atoms with E-state index in [2.05, 4.69) is 21.2 Å². The first-order valence-electron chi connectivity index (χ1n) is 8.30. The molecular formula is C20H23BrN2O3. The summed E-state index contributed by atoms with van der Waals surface area (Å²) in [6, 6.07) is 13.1. The lowest BCUT2D eigenvalue weighted by Gasteiger charge is -2.22. The molecule has 2 rings (SSSR count). The van der Waals surface area contributed by atoms with Crippen molar-refractivity contribution in [2.75, 3.05) is 18.9 Å². The number of hydrogen-bond acceptors (Lipinski definition) is 3. The number of carbonyl (C=O) groups is 2. The number of rotatable bonds is 6. The molecule has 0 aliphatic heterocycles. The Morgan fingerprint density at radius 3 is 2.46 bits per heavy atom. The third kappa shape index (κ3) is 5.59. The van der Waals surface area contributed by atoms with E-state index in [1.165, 1.54) is 4.90 Å². The Balaban J connectivity index is 1.91. The van der Waals surface area contributed by atoms with E-state index in [4.69, 9.17) is 4.74 Å². The number of hydrogen-bond donors (Lipinski definition) is 1. The van der Waals surface area contributed by atoms with Crippen LogP contribution in [0.1, 0.15) is 18.1 Å². The molecule has 5 nitrogen and oxygen atoms in total. The summed E-state index contributed by atoms with van der Waals surface area (Å²) in [6.07, 6.45) is -0.685. The van der Waals surface area contributed by atoms with Crippen LogP contribution in [0.3, 0.4) is 0 Å². The van der Waals surface area contributed by atoms with Crippen molar-refractivity contribution in [3.63, 3.8) is 0 Å². The quantitative estimate of drug-likeness (QED) is 0.772. The second kappa shape index (κ2) is 8.85. The molecule has 0 spiro atoms. The van der Waals surface area contributed by atoms with E-state index in [0.29, 0.717) is 5.75 Å². The van der Waals surface area contributed by atoms with Gasteiger partial charge in [0.05, 0.1) is 6.54 Å². The number of amides is 2. The molecule has 0 aliphatic rings. The number of aryl methyl sites for hydroxylation is 2. The lowest BCUT2D eigenvalue weighted by molar-refractivity contribution is -0.139. The molecular weight excluding hydrogens is 396 g/mol. The highest BCUT2D eigenvalue weighted by molar-refractivity contribution is 9.10. The summed E-state index contributed by atoms with van der Waals surface area (Å²) >= 11 is 3.35. The van der Waals surface area contributed by atoms with Gasteiger partial charge in [-0.15, -0.1) is 0 Å². The first-order valence-corrected chi connectivity index (χ1v) is 9.10. The molecule has 26 heavy (non-hydrogen) atoms. The van der Waals surface area contributed by atoms with E-state index >= 15 is 0 Å². The molecule has 1 unspecified atom stereocenters. The summed E-state index contributed by atoms with van der Waals surface area (Å²) in [4.78, 5) is 26.1. The molecule has 1 N–H and O–H groups in total. The van der Waals surface area contributed by atoms with Gasteiger partial charge in [-0.25, -0.2) is 0 Å². The van der Waals surface area contributed by atoms with Crippen molar-refractivity contribution in [3.05, 3.63) is 58.1 Å². The molecule has 1 atom stereocenters. The molecule has 2 amide bonds. The molecule has 0 bridgehead atoms. The number of nitrogens with zero attached hydrogens (tertiary/aromatic N) is 1. The van der Waals surface area contributed by atoms with Crippen LogP contribution in [-0.2, 0) is 9.59 Å². The number of ether oxygens (including phenoxy) is 1. The molecule has 0 radical (unpaired) electrons. The zero-order valence-corrected chi connectivity index (χ0v) is 17.0. The fourth-order valence-electron chi connectivity index (χ4n) is 2.43. The van der Waals surface area contributed by atoms with Gasteiger partial charge in [0.1, 0.15) is 5.75 Å². The van der Waals surface area contributed by atoms with E-state index in [-0.39, 0.29) is 18.4 Å². The van der Waals surface area contributed by atoms with Crippen LogP contribution in [0.25, 0.3) is 0 Å². The Bertz CT molecular complexity index is 790. The molecule has 0 saturated heterocycles. The van der Waals surface area contributed by atoms with Crippen molar-refractivity contribution >= 4 is 33.4 Å². The first-order chi connectivity index (χ1) is 12.3. The molecule has 0 saturated carbocycles. The third-order valence-electron chi connectivity index (χ3n) is 3.90. The van der Waals surface area contributed by atoms with Crippen LogP contribution in [0.4, 0.5) is 5.69 Å². The van der Waals surface area contributed by atoms with Gasteiger partial charge in [-0.2, -0.15) is 0 Å². The predicted octanol–water partition coefficient (Wildman–Crippen LogP) is 3.93. The van der Waals surface area contributed by atoms with E-state index in [0.717, 1.165) is 21.3 Å². The molecule has 6 heteroatoms. The molecule has 2 aromatic carbocycles. The average molecular weight is 419 g/mol. The standard InChI is InChI=1S/C20H23BrN2O3/c1-13-5-6-14(2)18(11-13)22-19(24)12-23(4)20(25)15(3)26-17-9-7-16(21)8-10-17/h5-11,15H,12H2,1-4H3,(H,22,24). The lowest BCUT2D eigenvalue weighted by Crippen LogP contribution is -2.42. The minimum absolute atomic E-state index is 0.0414. The minimum Gasteiger partial charge on any atom is -0.481 e. The Hall–Kier alpha value is -2.34. The van der Waals surface area contributed by atoms with Gasteiger partial charge in [0.2, 0.25) is 5.91 Å². The van der Waals surface area contributed by atoms with Crippen LogP contribution >= 0.6 is 15.9 Å². The average Bonchev–Trinajstić information content (AvgIpc) is 2.59. The van der Waals surface area contributed by atoms with E-state index in [1.54, 1.807) is 26.1 Å². The highest BCUT2D eigenvalue weighted by Gasteiger charge is 2.21. The summed E-state index contributed by atoms with van der Waals surface area (Å²) < 4.78 is 6.58. The summed E-state index contributed by atoms with van der Waals surface area (Å²) in [7, 11) is 1.59. The van der Waals surface area contributed by atoms with E-state index in [1.807, 2.05) is 44.2 Å². The van der Waals surface area contributed by atoms with Gasteiger partial charge in [0, 0.05) is 17.2 Å². The van der Waals surface area contributed by atoms with Crippen molar-refractivity contribution in [1.29, 1.82) is 0 Å². The van der Waals surface area contributed by atoms with Crippen LogP contribution in [0, 0.1) is 13.8 Å². The van der Waals surface area contributed by atoms with Gasteiger partial charge in [0.25, 0.3) is 5.91 Å². The maximum Gasteiger partial charge on any atom is 0.263 e. The summed E-state index contributed by atoms with van der Waals surface area (Å²) in [6.45, 7) is 5.52. The van der Waals surface area contributed by atoms with Crippen molar-refractivity contribution in [3.8, 4) is 5.75 Å². The first kappa shape index (κ1) is 20.0. The fourth-order valence-corrected chi connectivity index (χ4v) is 2.70. The van der Waals surface area contributed by atoms with Gasteiger partial charge in [-0.1, -0.05) is 28.1 Å². The highest BCUT2D eigenvalue weighted by Crippen LogP contribution is 2.18. The normalized spacial score (nSPS) is 11.6. The summed E-state index contributed by atoms with van der Waals surface area (Å²) in [5, 5.41) is 2.85. The van der Waals surface area contributed by atoms with Crippen LogP contribution < -0.4 is 10.1 Å². The topological polar surface area (TPSA) is 58.6 Å². The highest BCUT2D eigenvalue weighted by atomic mass is 79.9. The van der Waals surface area contributed by atoms with E-state index in [9.17, 15) is 9.59 Å². The molecule has 2 aromatic rings. The number of benzene rings is 2. The second-order valence-electron chi connectivity index (χ2n) is 6.27. The largest absolute Gasteiger partial charge is 0.481 e. The van der Waals surface area contributed by atoms with Gasteiger partial charge in [0.15, 0.2) is 6.10 Å². The number of anilines is 1. The van der Waals surface area contributed by atoms with Gasteiger partial charge in [-0.05, 0) is 62.2 Å². The van der Waals surface area contributed by atoms with Gasteiger partial charge in [-0.3, -0.25) is 9.59 Å². The Kier molecular flexibility index (Phi) is 6.80. The zero-order chi connectivity index (χ0) is 19.3. The van der Waals surface area contributed by atoms with Crippen molar-refractivity contribution in [1.82, 2.24) is 4.90 Å². The van der Waals surface area contributed by atoms with Gasteiger partial charge >= 0.3 is 0 Å². The second-order valence-corrected chi connectivity index (χ2v) is 7.19. The Labute approximate surface area is 162 Å². The molecule has 0 aliphatic carbocycles. The molecule has 0 heterocycles. The van der Waals surface area contributed by atoms with E-state index < -0.39 is 6.10 Å². The maximum atomic E-state index is 12.4. The molecule has 0 aromatic heterocycles. The SMILES string of the molecule is Cc1ccc(C)c(NC(=O)CN(C)C(=O)C(C)Oc2ccc(Br)cc2)c1. The molecule has 138 valence electrons. The minimum atomic E-state index is -0.685. The van der Waals surface area contributed by atoms with Gasteiger partial charge < -0.3 is 15.0 Å². The zero-order valence-electron chi connectivity index (χ0n) is 15.4. The van der Waals surface area contributed by atoms with Crippen LogP contribution in [0.15, 0.2) is 46.9 Å². The molecule has 0 fully saturated rings. The predicted molar refractivity (Wildman–Crippen MR) is 106 cm³/mol. The Morgan fingerprint density at radius 2 is 1.81 bits per heavy atom. The van der Waals surface area contributed by atoms with Crippen molar-refractivity contribution in [2.24, 2.45) is 0 Å². The van der Waals surface area contributed by atoms with Crippen LogP contribution in [-0.4, -0.2) is 36.4 Å². The fraction of sp³-hybridized carbons (Fsp3) is 0.300. The number of carbonyl (C=O) groups excluding carboxylic acids is 2. The number of halogens is 1. The van der Waals surface area contributed by atoms with Crippen LogP contribution in [0.2, 0.25) is 0 Å². The van der Waals surface area contributed by atoms with Crippen molar-refractivity contribution in [2.45, 2.75) is 26.9 Å². The van der Waals surface area contributed by atoms with Crippen LogP contribution in [0.5, 0.6) is 5.75 Å². The number of nitrogens with one attached hydrogen (secondary N) is 1. The van der Waals surface area contributed by atoms with Crippen molar-refractivity contribution < 1.29 is 14.3 Å². The summed E-state index contributed by atoms with van der Waals surface area (Å²) in [5.41, 5.74) is 2.80. The maximum absolute atomic E-state index is 12.4. The smallest absolute Gasteiger partial charge is 0.263 e. The monoisotopic (exact) mass is 418 g/mol.